The average molecular weight is 300 g/mol. The van der Waals surface area contributed by atoms with E-state index in [2.05, 4.69) is 10.2 Å². The fourth-order valence-electron chi connectivity index (χ4n) is 2.03. The molecular formula is C16H20N4O2. The molecule has 22 heavy (non-hydrogen) atoms. The first-order chi connectivity index (χ1) is 10.5. The van der Waals surface area contributed by atoms with Crippen molar-refractivity contribution >= 4 is 22.7 Å². The first-order valence-corrected chi connectivity index (χ1v) is 6.76. The summed E-state index contributed by atoms with van der Waals surface area (Å²) in [6.07, 6.45) is 0. The van der Waals surface area contributed by atoms with E-state index in [1.54, 1.807) is 32.4 Å². The van der Waals surface area contributed by atoms with E-state index < -0.39 is 0 Å². The number of nitrogens with two attached hydrogens (primary N) is 2. The molecule has 0 saturated carbocycles. The smallest absolute Gasteiger partial charge is 0.146 e. The molecule has 0 aliphatic rings. The number of aryl methyl sites for hydroxylation is 2. The molecule has 0 atom stereocenters. The van der Waals surface area contributed by atoms with E-state index in [-0.39, 0.29) is 0 Å². The van der Waals surface area contributed by atoms with Gasteiger partial charge >= 0.3 is 0 Å². The maximum Gasteiger partial charge on any atom is 0.146 e. The molecule has 0 saturated heterocycles. The third-order valence-corrected chi connectivity index (χ3v) is 3.38. The van der Waals surface area contributed by atoms with E-state index in [1.165, 1.54) is 0 Å². The van der Waals surface area contributed by atoms with Crippen LogP contribution in [0.2, 0.25) is 0 Å². The summed E-state index contributed by atoms with van der Waals surface area (Å²) in [6, 6.07) is 7.10. The molecule has 0 fully saturated rings. The standard InChI is InChI=1S/C16H20N4O2/c1-9-5-13(12(18)7-11(9)17)19-20-14-8-15(21-3)10(2)6-16(14)22-4/h5-8H,17-18H2,1-4H3. The van der Waals surface area contributed by atoms with Crippen LogP contribution in [0.1, 0.15) is 11.1 Å². The summed E-state index contributed by atoms with van der Waals surface area (Å²) >= 11 is 0. The van der Waals surface area contributed by atoms with Gasteiger partial charge in [-0.2, -0.15) is 0 Å². The maximum absolute atomic E-state index is 5.92. The van der Waals surface area contributed by atoms with E-state index >= 15 is 0 Å². The number of nitrogen functional groups attached to an aromatic ring is 2. The van der Waals surface area contributed by atoms with Crippen molar-refractivity contribution in [3.05, 3.63) is 35.4 Å². The maximum atomic E-state index is 5.92. The summed E-state index contributed by atoms with van der Waals surface area (Å²) in [5, 5.41) is 8.43. The van der Waals surface area contributed by atoms with Crippen LogP contribution >= 0.6 is 0 Å². The molecule has 0 unspecified atom stereocenters. The minimum Gasteiger partial charge on any atom is -0.496 e. The van der Waals surface area contributed by atoms with E-state index in [0.717, 1.165) is 16.9 Å². The highest BCUT2D eigenvalue weighted by molar-refractivity contribution is 5.70. The van der Waals surface area contributed by atoms with Gasteiger partial charge in [0.1, 0.15) is 22.9 Å². The van der Waals surface area contributed by atoms with Gasteiger partial charge in [-0.1, -0.05) is 0 Å². The van der Waals surface area contributed by atoms with Crippen LogP contribution in [-0.4, -0.2) is 14.2 Å². The highest BCUT2D eigenvalue weighted by Crippen LogP contribution is 2.36. The summed E-state index contributed by atoms with van der Waals surface area (Å²) in [5.74, 6) is 1.34. The molecule has 6 nitrogen and oxygen atoms in total. The number of nitrogens with zero attached hydrogens (tertiary/aromatic N) is 2. The first-order valence-electron chi connectivity index (χ1n) is 6.76. The van der Waals surface area contributed by atoms with Crippen molar-refractivity contribution in [3.8, 4) is 11.5 Å². The predicted molar refractivity (Wildman–Crippen MR) is 88.5 cm³/mol. The van der Waals surface area contributed by atoms with E-state index in [0.29, 0.717) is 28.5 Å². The van der Waals surface area contributed by atoms with Crippen LogP contribution in [0.5, 0.6) is 11.5 Å². The van der Waals surface area contributed by atoms with Gasteiger partial charge in [-0.15, -0.1) is 10.2 Å². The summed E-state index contributed by atoms with van der Waals surface area (Å²) in [5.41, 5.74) is 15.8. The highest BCUT2D eigenvalue weighted by Gasteiger charge is 2.09. The Hall–Kier alpha value is -2.76. The van der Waals surface area contributed by atoms with Crippen LogP contribution in [0.4, 0.5) is 22.7 Å². The largest absolute Gasteiger partial charge is 0.496 e. The van der Waals surface area contributed by atoms with E-state index in [1.807, 2.05) is 19.9 Å². The molecule has 0 aliphatic carbocycles. The summed E-state index contributed by atoms with van der Waals surface area (Å²) in [6.45, 7) is 3.83. The average Bonchev–Trinajstić information content (AvgIpc) is 2.50. The monoisotopic (exact) mass is 300 g/mol. The molecule has 0 aliphatic heterocycles. The van der Waals surface area contributed by atoms with Gasteiger partial charge in [0.2, 0.25) is 0 Å². The summed E-state index contributed by atoms with van der Waals surface area (Å²) < 4.78 is 10.6. The molecule has 116 valence electrons. The Labute approximate surface area is 129 Å². The van der Waals surface area contributed by atoms with Crippen LogP contribution in [0.15, 0.2) is 34.5 Å². The Morgan fingerprint density at radius 1 is 0.727 bits per heavy atom. The van der Waals surface area contributed by atoms with E-state index in [4.69, 9.17) is 20.9 Å². The van der Waals surface area contributed by atoms with Gasteiger partial charge in [0, 0.05) is 11.8 Å². The summed E-state index contributed by atoms with van der Waals surface area (Å²) in [4.78, 5) is 0. The van der Waals surface area contributed by atoms with E-state index in [9.17, 15) is 0 Å². The van der Waals surface area contributed by atoms with Crippen LogP contribution in [0, 0.1) is 13.8 Å². The van der Waals surface area contributed by atoms with Gasteiger partial charge < -0.3 is 20.9 Å². The van der Waals surface area contributed by atoms with Crippen LogP contribution in [0.3, 0.4) is 0 Å². The van der Waals surface area contributed by atoms with Crippen molar-refractivity contribution in [2.45, 2.75) is 13.8 Å². The summed E-state index contributed by atoms with van der Waals surface area (Å²) in [7, 11) is 3.19. The van der Waals surface area contributed by atoms with Gasteiger partial charge in [-0.3, -0.25) is 0 Å². The number of anilines is 2. The molecule has 2 aromatic carbocycles. The molecule has 4 N–H and O–H groups in total. The molecule has 6 heteroatoms. The van der Waals surface area contributed by atoms with Gasteiger partial charge in [-0.05, 0) is 43.2 Å². The number of azo groups is 1. The zero-order chi connectivity index (χ0) is 16.3. The topological polar surface area (TPSA) is 95.2 Å². The van der Waals surface area contributed by atoms with Gasteiger partial charge in [0.15, 0.2) is 0 Å². The molecule has 0 radical (unpaired) electrons. The van der Waals surface area contributed by atoms with Crippen molar-refractivity contribution in [1.29, 1.82) is 0 Å². The lowest BCUT2D eigenvalue weighted by Crippen LogP contribution is -1.93. The normalized spacial score (nSPS) is 10.9. The minimum absolute atomic E-state index is 0.477. The predicted octanol–water partition coefficient (Wildman–Crippen LogP) is 3.90. The number of hydrogen-bond acceptors (Lipinski definition) is 6. The van der Waals surface area contributed by atoms with Crippen molar-refractivity contribution < 1.29 is 9.47 Å². The van der Waals surface area contributed by atoms with Gasteiger partial charge in [-0.25, -0.2) is 0 Å². The number of rotatable bonds is 4. The lowest BCUT2D eigenvalue weighted by atomic mass is 10.1. The fraction of sp³-hybridized carbons (Fsp3) is 0.250. The second-order valence-corrected chi connectivity index (χ2v) is 4.96. The van der Waals surface area contributed by atoms with Crippen molar-refractivity contribution in [3.63, 3.8) is 0 Å². The number of ether oxygens (including phenoxy) is 2. The van der Waals surface area contributed by atoms with Gasteiger partial charge in [0.25, 0.3) is 0 Å². The van der Waals surface area contributed by atoms with Crippen LogP contribution < -0.4 is 20.9 Å². The van der Waals surface area contributed by atoms with Crippen molar-refractivity contribution in [2.75, 3.05) is 25.7 Å². The third kappa shape index (κ3) is 3.11. The molecule has 0 bridgehead atoms. The van der Waals surface area contributed by atoms with Crippen LogP contribution in [-0.2, 0) is 0 Å². The Morgan fingerprint density at radius 3 is 2.00 bits per heavy atom. The first kappa shape index (κ1) is 15.6. The zero-order valence-electron chi connectivity index (χ0n) is 13.2. The molecule has 2 aromatic rings. The highest BCUT2D eigenvalue weighted by atomic mass is 16.5. The minimum atomic E-state index is 0.477. The van der Waals surface area contributed by atoms with Crippen molar-refractivity contribution in [1.82, 2.24) is 0 Å². The number of hydrogen-bond donors (Lipinski definition) is 2. The van der Waals surface area contributed by atoms with Crippen molar-refractivity contribution in [2.24, 2.45) is 10.2 Å². The Kier molecular flexibility index (Phi) is 4.50. The molecule has 0 heterocycles. The lowest BCUT2D eigenvalue weighted by Gasteiger charge is -2.09. The number of benzene rings is 2. The number of methoxy groups -OCH3 is 2. The Bertz CT molecular complexity index is 727. The SMILES string of the molecule is COc1cc(N=Nc2cc(C)c(N)cc2N)c(OC)cc1C. The molecule has 2 rings (SSSR count). The Balaban J connectivity index is 2.43. The molecular weight excluding hydrogens is 280 g/mol. The quantitative estimate of drug-likeness (QED) is 0.661. The fourth-order valence-corrected chi connectivity index (χ4v) is 2.03. The molecule has 0 amide bonds. The van der Waals surface area contributed by atoms with Crippen LogP contribution in [0.25, 0.3) is 0 Å². The van der Waals surface area contributed by atoms with Gasteiger partial charge in [0.05, 0.1) is 19.9 Å². The second-order valence-electron chi connectivity index (χ2n) is 4.96. The Morgan fingerprint density at radius 2 is 1.36 bits per heavy atom. The molecule has 0 aromatic heterocycles. The lowest BCUT2D eigenvalue weighted by molar-refractivity contribution is 0.401. The third-order valence-electron chi connectivity index (χ3n) is 3.38. The molecule has 0 spiro atoms. The zero-order valence-corrected chi connectivity index (χ0v) is 13.2. The second kappa shape index (κ2) is 6.34.